The molecule has 5 nitrogen and oxygen atoms in total. The third kappa shape index (κ3) is 4.69. The van der Waals surface area contributed by atoms with E-state index >= 15 is 0 Å². The van der Waals surface area contributed by atoms with Crippen LogP contribution in [0.3, 0.4) is 0 Å². The fourth-order valence-electron chi connectivity index (χ4n) is 2.76. The number of piperidine rings is 1. The number of likely N-dealkylation sites (tertiary alicyclic amines) is 1. The molecule has 1 aromatic rings. The van der Waals surface area contributed by atoms with Crippen molar-refractivity contribution >= 4 is 5.82 Å². The van der Waals surface area contributed by atoms with Crippen molar-refractivity contribution in [2.45, 2.75) is 45.1 Å². The molecule has 0 amide bonds. The van der Waals surface area contributed by atoms with Crippen LogP contribution in [0.25, 0.3) is 0 Å². The molecule has 0 bridgehead atoms. The first-order valence-electron chi connectivity index (χ1n) is 8.15. The van der Waals surface area contributed by atoms with Crippen molar-refractivity contribution in [1.29, 1.82) is 5.26 Å². The van der Waals surface area contributed by atoms with E-state index in [1.54, 1.807) is 0 Å². The zero-order valence-corrected chi connectivity index (χ0v) is 13.5. The summed E-state index contributed by atoms with van der Waals surface area (Å²) in [5.41, 5.74) is 1.60. The highest BCUT2D eigenvalue weighted by molar-refractivity contribution is 5.52. The summed E-state index contributed by atoms with van der Waals surface area (Å²) >= 11 is 0. The van der Waals surface area contributed by atoms with E-state index in [1.165, 1.54) is 0 Å². The van der Waals surface area contributed by atoms with Crippen LogP contribution >= 0.6 is 0 Å². The lowest BCUT2D eigenvalue weighted by Crippen LogP contribution is -2.39. The van der Waals surface area contributed by atoms with Gasteiger partial charge in [0.2, 0.25) is 0 Å². The molecule has 1 aromatic heterocycles. The highest BCUT2D eigenvalue weighted by Crippen LogP contribution is 2.18. The third-order valence-electron chi connectivity index (χ3n) is 4.05. The Hall–Kier alpha value is -1.64. The second-order valence-electron chi connectivity index (χ2n) is 6.28. The molecule has 1 saturated heterocycles. The number of aliphatic hydroxyl groups excluding tert-OH is 1. The van der Waals surface area contributed by atoms with Gasteiger partial charge in [0, 0.05) is 18.8 Å². The number of nitrogens with one attached hydrogen (secondary N) is 1. The normalized spacial score (nSPS) is 19.1. The first-order valence-corrected chi connectivity index (χ1v) is 8.15. The number of β-amino-alcohol motifs (C(OH)–C–C–N with tert-alkyl or cyclic N) is 1. The second-order valence-corrected chi connectivity index (χ2v) is 6.28. The minimum atomic E-state index is -0.170. The van der Waals surface area contributed by atoms with Gasteiger partial charge in [-0.3, -0.25) is 0 Å². The SMILES string of the molecule is CC(C)c1ccc(C#N)c(NCCCN2CCC[C@H](O)C2)n1. The van der Waals surface area contributed by atoms with Crippen molar-refractivity contribution in [2.24, 2.45) is 0 Å². The maximum absolute atomic E-state index is 9.66. The van der Waals surface area contributed by atoms with E-state index in [4.69, 9.17) is 0 Å². The van der Waals surface area contributed by atoms with Gasteiger partial charge in [-0.05, 0) is 50.4 Å². The van der Waals surface area contributed by atoms with Gasteiger partial charge < -0.3 is 15.3 Å². The number of aliphatic hydroxyl groups is 1. The van der Waals surface area contributed by atoms with E-state index in [1.807, 2.05) is 12.1 Å². The summed E-state index contributed by atoms with van der Waals surface area (Å²) in [7, 11) is 0. The van der Waals surface area contributed by atoms with Gasteiger partial charge in [0.15, 0.2) is 0 Å². The summed E-state index contributed by atoms with van der Waals surface area (Å²) in [6.07, 6.45) is 2.80. The number of pyridine rings is 1. The van der Waals surface area contributed by atoms with Gasteiger partial charge in [0.05, 0.1) is 11.7 Å². The summed E-state index contributed by atoms with van der Waals surface area (Å²) < 4.78 is 0. The lowest BCUT2D eigenvalue weighted by Gasteiger charge is -2.29. The maximum atomic E-state index is 9.66. The van der Waals surface area contributed by atoms with Crippen LogP contribution in [-0.2, 0) is 0 Å². The van der Waals surface area contributed by atoms with Gasteiger partial charge >= 0.3 is 0 Å². The predicted molar refractivity (Wildman–Crippen MR) is 87.8 cm³/mol. The molecule has 2 heterocycles. The van der Waals surface area contributed by atoms with Crippen LogP contribution < -0.4 is 5.32 Å². The second kappa shape index (κ2) is 8.11. The predicted octanol–water partition coefficient (Wildman–Crippen LogP) is 2.34. The minimum absolute atomic E-state index is 0.170. The van der Waals surface area contributed by atoms with Crippen molar-refractivity contribution in [3.63, 3.8) is 0 Å². The van der Waals surface area contributed by atoms with Gasteiger partial charge in [-0.25, -0.2) is 4.98 Å². The standard InChI is InChI=1S/C17H26N4O/c1-13(2)16-7-6-14(11-18)17(20-16)19-8-4-10-21-9-3-5-15(22)12-21/h6-7,13,15,22H,3-5,8-10,12H2,1-2H3,(H,19,20)/t15-/m0/s1. The van der Waals surface area contributed by atoms with Gasteiger partial charge in [-0.2, -0.15) is 5.26 Å². The van der Waals surface area contributed by atoms with Gasteiger partial charge in [0.25, 0.3) is 0 Å². The summed E-state index contributed by atoms with van der Waals surface area (Å²) in [5.74, 6) is 1.04. The Morgan fingerprint density at radius 1 is 1.50 bits per heavy atom. The maximum Gasteiger partial charge on any atom is 0.144 e. The van der Waals surface area contributed by atoms with Crippen LogP contribution in [0.5, 0.6) is 0 Å². The van der Waals surface area contributed by atoms with E-state index in [2.05, 4.69) is 35.1 Å². The van der Waals surface area contributed by atoms with Crippen molar-refractivity contribution in [3.8, 4) is 6.07 Å². The molecule has 2 N–H and O–H groups in total. The Bertz CT molecular complexity index is 524. The Labute approximate surface area is 133 Å². The number of nitriles is 1. The van der Waals surface area contributed by atoms with Crippen LogP contribution in [0, 0.1) is 11.3 Å². The number of anilines is 1. The largest absolute Gasteiger partial charge is 0.392 e. The molecule has 1 fully saturated rings. The molecule has 0 spiro atoms. The van der Waals surface area contributed by atoms with E-state index in [-0.39, 0.29) is 6.10 Å². The van der Waals surface area contributed by atoms with Crippen LogP contribution in [0.1, 0.15) is 50.3 Å². The van der Waals surface area contributed by atoms with Crippen LogP contribution in [0.15, 0.2) is 12.1 Å². The van der Waals surface area contributed by atoms with Crippen molar-refractivity contribution < 1.29 is 5.11 Å². The first kappa shape index (κ1) is 16.7. The number of nitrogens with zero attached hydrogens (tertiary/aromatic N) is 3. The molecule has 22 heavy (non-hydrogen) atoms. The van der Waals surface area contributed by atoms with Gasteiger partial charge in [-0.1, -0.05) is 13.8 Å². The molecule has 0 aliphatic carbocycles. The Kier molecular flexibility index (Phi) is 6.17. The molecule has 0 radical (unpaired) electrons. The van der Waals surface area contributed by atoms with Crippen molar-refractivity contribution in [1.82, 2.24) is 9.88 Å². The summed E-state index contributed by atoms with van der Waals surface area (Å²) in [5, 5.41) is 22.1. The zero-order valence-electron chi connectivity index (χ0n) is 13.5. The lowest BCUT2D eigenvalue weighted by molar-refractivity contribution is 0.0706. The summed E-state index contributed by atoms with van der Waals surface area (Å²) in [6.45, 7) is 7.80. The molecule has 2 rings (SSSR count). The average Bonchev–Trinajstić information content (AvgIpc) is 2.51. The van der Waals surface area contributed by atoms with Crippen molar-refractivity contribution in [2.75, 3.05) is 31.5 Å². The smallest absolute Gasteiger partial charge is 0.144 e. The Morgan fingerprint density at radius 2 is 2.32 bits per heavy atom. The molecule has 0 unspecified atom stereocenters. The third-order valence-corrected chi connectivity index (χ3v) is 4.05. The topological polar surface area (TPSA) is 72.2 Å². The van der Waals surface area contributed by atoms with E-state index in [9.17, 15) is 10.4 Å². The Balaban J connectivity index is 1.83. The molecule has 0 saturated carbocycles. The molecule has 120 valence electrons. The van der Waals surface area contributed by atoms with Crippen LogP contribution in [-0.4, -0.2) is 47.3 Å². The number of hydrogen-bond acceptors (Lipinski definition) is 5. The van der Waals surface area contributed by atoms with E-state index in [0.717, 1.165) is 51.1 Å². The molecule has 5 heteroatoms. The first-order chi connectivity index (χ1) is 10.6. The molecule has 1 aliphatic heterocycles. The van der Waals surface area contributed by atoms with E-state index in [0.29, 0.717) is 17.3 Å². The van der Waals surface area contributed by atoms with Gasteiger partial charge in [0.1, 0.15) is 11.9 Å². The van der Waals surface area contributed by atoms with Crippen LogP contribution in [0.4, 0.5) is 5.82 Å². The average molecular weight is 302 g/mol. The van der Waals surface area contributed by atoms with Crippen LogP contribution in [0.2, 0.25) is 0 Å². The molecular formula is C17H26N4O. The Morgan fingerprint density at radius 3 is 3.00 bits per heavy atom. The summed E-state index contributed by atoms with van der Waals surface area (Å²) in [6, 6.07) is 5.95. The molecule has 0 aromatic carbocycles. The fraction of sp³-hybridized carbons (Fsp3) is 0.647. The number of hydrogen-bond donors (Lipinski definition) is 2. The lowest BCUT2D eigenvalue weighted by atomic mass is 10.1. The molecular weight excluding hydrogens is 276 g/mol. The number of rotatable bonds is 6. The van der Waals surface area contributed by atoms with Crippen molar-refractivity contribution in [3.05, 3.63) is 23.4 Å². The highest BCUT2D eigenvalue weighted by Gasteiger charge is 2.16. The fourth-order valence-corrected chi connectivity index (χ4v) is 2.76. The van der Waals surface area contributed by atoms with Gasteiger partial charge in [-0.15, -0.1) is 0 Å². The summed E-state index contributed by atoms with van der Waals surface area (Å²) in [4.78, 5) is 6.86. The quantitative estimate of drug-likeness (QED) is 0.789. The number of aromatic nitrogens is 1. The molecule has 1 atom stereocenters. The zero-order chi connectivity index (χ0) is 15.9. The highest BCUT2D eigenvalue weighted by atomic mass is 16.3. The molecule has 1 aliphatic rings. The van der Waals surface area contributed by atoms with E-state index < -0.39 is 0 Å². The minimum Gasteiger partial charge on any atom is -0.392 e. The monoisotopic (exact) mass is 302 g/mol.